The van der Waals surface area contributed by atoms with Crippen molar-refractivity contribution in [1.29, 1.82) is 0 Å². The van der Waals surface area contributed by atoms with Crippen LogP contribution in [0, 0.1) is 0 Å². The number of hydrogen-bond acceptors (Lipinski definition) is 3. The molecular formula is C20H32O2S. The van der Waals surface area contributed by atoms with Gasteiger partial charge in [-0.2, -0.15) is 11.8 Å². The van der Waals surface area contributed by atoms with E-state index in [4.69, 9.17) is 9.47 Å². The third-order valence-electron chi connectivity index (χ3n) is 4.71. The van der Waals surface area contributed by atoms with Crippen LogP contribution in [0.3, 0.4) is 0 Å². The maximum Gasteiger partial charge on any atom is 0.197 e. The fourth-order valence-electron chi connectivity index (χ4n) is 3.00. The number of benzene rings is 1. The van der Waals surface area contributed by atoms with Gasteiger partial charge >= 0.3 is 0 Å². The Morgan fingerprint density at radius 3 is 2.43 bits per heavy atom. The third kappa shape index (κ3) is 6.76. The highest BCUT2D eigenvalue weighted by Gasteiger charge is 2.13. The minimum Gasteiger partial charge on any atom is -0.465 e. The molecule has 2 unspecified atom stereocenters. The predicted molar refractivity (Wildman–Crippen MR) is 101 cm³/mol. The van der Waals surface area contributed by atoms with Gasteiger partial charge in [-0.25, -0.2) is 0 Å². The fraction of sp³-hybridized carbons (Fsp3) is 0.700. The summed E-state index contributed by atoms with van der Waals surface area (Å²) >= 11 is 2.07. The molecule has 0 N–H and O–H groups in total. The zero-order valence-electron chi connectivity index (χ0n) is 14.9. The smallest absolute Gasteiger partial charge is 0.197 e. The molecule has 1 aliphatic carbocycles. The summed E-state index contributed by atoms with van der Waals surface area (Å²) in [5.74, 6) is 2.57. The van der Waals surface area contributed by atoms with E-state index in [1.54, 1.807) is 0 Å². The van der Waals surface area contributed by atoms with Crippen molar-refractivity contribution in [2.75, 3.05) is 12.4 Å². The summed E-state index contributed by atoms with van der Waals surface area (Å²) in [6.07, 6.45) is 8.00. The molecule has 0 aromatic heterocycles. The van der Waals surface area contributed by atoms with E-state index in [1.807, 2.05) is 6.92 Å². The Morgan fingerprint density at radius 1 is 1.09 bits per heavy atom. The standard InChI is InChI=1S/C20H32O2S/c1-4-16(2)18-10-12-19(13-11-18)22-17(3)21-14-15-23-20-8-6-5-7-9-20/h10-13,16-17,20H,4-9,14-15H2,1-3H3. The molecule has 3 heteroatoms. The lowest BCUT2D eigenvalue weighted by molar-refractivity contribution is -0.0602. The zero-order valence-corrected chi connectivity index (χ0v) is 15.7. The largest absolute Gasteiger partial charge is 0.465 e. The van der Waals surface area contributed by atoms with Crippen LogP contribution in [0.2, 0.25) is 0 Å². The highest BCUT2D eigenvalue weighted by Crippen LogP contribution is 2.28. The molecule has 1 fully saturated rings. The molecule has 2 nitrogen and oxygen atoms in total. The van der Waals surface area contributed by atoms with Crippen molar-refractivity contribution in [2.45, 2.75) is 76.8 Å². The lowest BCUT2D eigenvalue weighted by Gasteiger charge is -2.21. The molecule has 2 atom stereocenters. The molecule has 0 saturated heterocycles. The van der Waals surface area contributed by atoms with Gasteiger partial charge in [-0.05, 0) is 49.8 Å². The zero-order chi connectivity index (χ0) is 16.5. The molecule has 0 amide bonds. The lowest BCUT2D eigenvalue weighted by atomic mass is 9.99. The molecule has 0 bridgehead atoms. The Balaban J connectivity index is 1.63. The molecule has 23 heavy (non-hydrogen) atoms. The molecule has 1 aromatic carbocycles. The van der Waals surface area contributed by atoms with E-state index in [0.717, 1.165) is 23.4 Å². The van der Waals surface area contributed by atoms with E-state index < -0.39 is 0 Å². The molecule has 1 aliphatic rings. The van der Waals surface area contributed by atoms with Crippen LogP contribution in [0.5, 0.6) is 5.75 Å². The second-order valence-electron chi connectivity index (χ2n) is 6.57. The quantitative estimate of drug-likeness (QED) is 0.406. The Labute approximate surface area is 146 Å². The Hall–Kier alpha value is -0.670. The Bertz CT molecular complexity index is 426. The van der Waals surface area contributed by atoms with Crippen LogP contribution >= 0.6 is 11.8 Å². The topological polar surface area (TPSA) is 18.5 Å². The minimum absolute atomic E-state index is 0.184. The van der Waals surface area contributed by atoms with E-state index in [0.29, 0.717) is 5.92 Å². The van der Waals surface area contributed by atoms with Gasteiger partial charge < -0.3 is 9.47 Å². The van der Waals surface area contributed by atoms with Crippen molar-refractivity contribution < 1.29 is 9.47 Å². The lowest BCUT2D eigenvalue weighted by Crippen LogP contribution is -2.18. The van der Waals surface area contributed by atoms with E-state index in [1.165, 1.54) is 44.1 Å². The van der Waals surface area contributed by atoms with Crippen LogP contribution in [-0.2, 0) is 4.74 Å². The van der Waals surface area contributed by atoms with Crippen LogP contribution in [0.4, 0.5) is 0 Å². The predicted octanol–water partition coefficient (Wildman–Crippen LogP) is 6.01. The van der Waals surface area contributed by atoms with Gasteiger partial charge in [-0.1, -0.05) is 45.2 Å². The number of rotatable bonds is 9. The van der Waals surface area contributed by atoms with Crippen molar-refractivity contribution in [1.82, 2.24) is 0 Å². The van der Waals surface area contributed by atoms with E-state index >= 15 is 0 Å². The van der Waals surface area contributed by atoms with Crippen LogP contribution in [0.25, 0.3) is 0 Å². The normalized spacial score (nSPS) is 18.6. The third-order valence-corrected chi connectivity index (χ3v) is 6.05. The first-order valence-corrected chi connectivity index (χ1v) is 10.2. The Kier molecular flexibility index (Phi) is 8.32. The molecule has 2 rings (SSSR count). The molecule has 0 aliphatic heterocycles. The molecule has 0 spiro atoms. The van der Waals surface area contributed by atoms with Crippen LogP contribution in [0.1, 0.15) is 70.8 Å². The van der Waals surface area contributed by atoms with E-state index in [-0.39, 0.29) is 6.29 Å². The van der Waals surface area contributed by atoms with Gasteiger partial charge in [0, 0.05) is 11.0 Å². The maximum atomic E-state index is 5.84. The SMILES string of the molecule is CCC(C)c1ccc(OC(C)OCCSC2CCCCC2)cc1. The summed E-state index contributed by atoms with van der Waals surface area (Å²) < 4.78 is 11.6. The minimum atomic E-state index is -0.184. The van der Waals surface area contributed by atoms with Gasteiger partial charge in [-0.3, -0.25) is 0 Å². The molecule has 1 saturated carbocycles. The maximum absolute atomic E-state index is 5.84. The first kappa shape index (κ1) is 18.7. The van der Waals surface area contributed by atoms with Gasteiger partial charge in [0.1, 0.15) is 5.75 Å². The van der Waals surface area contributed by atoms with Crippen molar-refractivity contribution >= 4 is 11.8 Å². The molecule has 0 radical (unpaired) electrons. The molecule has 130 valence electrons. The highest BCUT2D eigenvalue weighted by molar-refractivity contribution is 7.99. The fourth-order valence-corrected chi connectivity index (χ4v) is 4.19. The summed E-state index contributed by atoms with van der Waals surface area (Å²) in [4.78, 5) is 0. The summed E-state index contributed by atoms with van der Waals surface area (Å²) in [6.45, 7) is 7.23. The van der Waals surface area contributed by atoms with Crippen LogP contribution < -0.4 is 4.74 Å². The van der Waals surface area contributed by atoms with Crippen LogP contribution in [-0.4, -0.2) is 23.9 Å². The highest BCUT2D eigenvalue weighted by atomic mass is 32.2. The summed E-state index contributed by atoms with van der Waals surface area (Å²) in [5, 5.41) is 0.858. The Morgan fingerprint density at radius 2 is 1.78 bits per heavy atom. The second kappa shape index (κ2) is 10.2. The van der Waals surface area contributed by atoms with Crippen molar-refractivity contribution in [2.24, 2.45) is 0 Å². The van der Waals surface area contributed by atoms with Crippen molar-refractivity contribution in [3.8, 4) is 5.75 Å². The second-order valence-corrected chi connectivity index (χ2v) is 7.97. The summed E-state index contributed by atoms with van der Waals surface area (Å²) in [7, 11) is 0. The average molecular weight is 337 g/mol. The summed E-state index contributed by atoms with van der Waals surface area (Å²) in [6, 6.07) is 8.43. The molecular weight excluding hydrogens is 304 g/mol. The van der Waals surface area contributed by atoms with Gasteiger partial charge in [0.25, 0.3) is 0 Å². The van der Waals surface area contributed by atoms with Gasteiger partial charge in [0.05, 0.1) is 6.61 Å². The van der Waals surface area contributed by atoms with Crippen molar-refractivity contribution in [3.05, 3.63) is 29.8 Å². The average Bonchev–Trinajstić information content (AvgIpc) is 2.59. The number of ether oxygens (including phenoxy) is 2. The van der Waals surface area contributed by atoms with Gasteiger partial charge in [0.2, 0.25) is 0 Å². The first-order chi connectivity index (χ1) is 11.2. The number of thioether (sulfide) groups is 1. The van der Waals surface area contributed by atoms with Gasteiger partial charge in [-0.15, -0.1) is 0 Å². The summed E-state index contributed by atoms with van der Waals surface area (Å²) in [5.41, 5.74) is 1.37. The van der Waals surface area contributed by atoms with E-state index in [9.17, 15) is 0 Å². The first-order valence-electron chi connectivity index (χ1n) is 9.19. The monoisotopic (exact) mass is 336 g/mol. The van der Waals surface area contributed by atoms with Crippen molar-refractivity contribution in [3.63, 3.8) is 0 Å². The van der Waals surface area contributed by atoms with E-state index in [2.05, 4.69) is 49.9 Å². The van der Waals surface area contributed by atoms with Crippen LogP contribution in [0.15, 0.2) is 24.3 Å². The number of hydrogen-bond donors (Lipinski definition) is 0. The van der Waals surface area contributed by atoms with Gasteiger partial charge in [0.15, 0.2) is 6.29 Å². The molecule has 0 heterocycles. The molecule has 1 aromatic rings.